The van der Waals surface area contributed by atoms with Crippen molar-refractivity contribution in [3.63, 3.8) is 0 Å². The predicted molar refractivity (Wildman–Crippen MR) is 80.4 cm³/mol. The lowest BCUT2D eigenvalue weighted by Crippen LogP contribution is -2.23. The highest BCUT2D eigenvalue weighted by molar-refractivity contribution is 5.25. The van der Waals surface area contributed by atoms with Gasteiger partial charge in [0.05, 0.1) is 17.4 Å². The fourth-order valence-corrected chi connectivity index (χ4v) is 2.56. The van der Waals surface area contributed by atoms with Crippen molar-refractivity contribution in [1.29, 1.82) is 0 Å². The molecule has 6 heteroatoms. The Morgan fingerprint density at radius 1 is 1.27 bits per heavy atom. The lowest BCUT2D eigenvalue weighted by Gasteiger charge is -2.14. The van der Waals surface area contributed by atoms with Gasteiger partial charge in [0, 0.05) is 30.9 Å². The average molecular weight is 309 g/mol. The zero-order chi connectivity index (χ0) is 16.3. The largest absolute Gasteiger partial charge is 0.387 e. The molecule has 0 aliphatic rings. The fourth-order valence-electron chi connectivity index (χ4n) is 2.56. The zero-order valence-electron chi connectivity index (χ0n) is 13.0. The fraction of sp³-hybridized carbons (Fsp3) is 0.438. The Morgan fingerprint density at radius 3 is 2.45 bits per heavy atom. The van der Waals surface area contributed by atoms with E-state index in [1.165, 1.54) is 6.07 Å². The maximum atomic E-state index is 13.6. The van der Waals surface area contributed by atoms with E-state index in [4.69, 9.17) is 0 Å². The minimum atomic E-state index is -1.23. The van der Waals surface area contributed by atoms with E-state index in [1.807, 2.05) is 25.5 Å². The molecular weight excluding hydrogens is 288 g/mol. The maximum absolute atomic E-state index is 13.6. The Bertz CT molecular complexity index is 635. The summed E-state index contributed by atoms with van der Waals surface area (Å²) in [6, 6.07) is 3.56. The number of hydrogen-bond donors (Lipinski definition) is 2. The summed E-state index contributed by atoms with van der Waals surface area (Å²) in [6.07, 6.45) is -1.23. The molecule has 1 aromatic carbocycles. The van der Waals surface area contributed by atoms with Gasteiger partial charge in [0.15, 0.2) is 0 Å². The van der Waals surface area contributed by atoms with Gasteiger partial charge in [-0.1, -0.05) is 6.07 Å². The number of halogens is 2. The molecule has 0 spiro atoms. The summed E-state index contributed by atoms with van der Waals surface area (Å²) < 4.78 is 29.1. The quantitative estimate of drug-likeness (QED) is 0.862. The molecule has 4 nitrogen and oxygen atoms in total. The molecule has 2 N–H and O–H groups in total. The highest BCUT2D eigenvalue weighted by atomic mass is 19.1. The summed E-state index contributed by atoms with van der Waals surface area (Å²) in [4.78, 5) is 0. The van der Waals surface area contributed by atoms with E-state index < -0.39 is 17.7 Å². The lowest BCUT2D eigenvalue weighted by molar-refractivity contribution is 0.164. The molecule has 2 rings (SSSR count). The number of aliphatic hydroxyl groups is 1. The minimum absolute atomic E-state index is 0.0635. The van der Waals surface area contributed by atoms with E-state index in [0.717, 1.165) is 35.6 Å². The molecule has 1 heterocycles. The van der Waals surface area contributed by atoms with Crippen molar-refractivity contribution in [2.45, 2.75) is 40.0 Å². The third-order valence-electron chi connectivity index (χ3n) is 3.80. The molecule has 0 aliphatic heterocycles. The smallest absolute Gasteiger partial charge is 0.131 e. The van der Waals surface area contributed by atoms with E-state index in [9.17, 15) is 13.9 Å². The molecule has 1 atom stereocenters. The van der Waals surface area contributed by atoms with Crippen LogP contribution >= 0.6 is 0 Å². The summed E-state index contributed by atoms with van der Waals surface area (Å²) in [5.41, 5.74) is 2.72. The van der Waals surface area contributed by atoms with Crippen LogP contribution in [0.25, 0.3) is 0 Å². The summed E-state index contributed by atoms with van der Waals surface area (Å²) in [6.45, 7) is 7.26. The minimum Gasteiger partial charge on any atom is -0.387 e. The molecule has 0 bridgehead atoms. The molecule has 0 amide bonds. The van der Waals surface area contributed by atoms with E-state index >= 15 is 0 Å². The predicted octanol–water partition coefficient (Wildman–Crippen LogP) is 2.62. The Kier molecular flexibility index (Phi) is 5.26. The molecule has 22 heavy (non-hydrogen) atoms. The van der Waals surface area contributed by atoms with Crippen LogP contribution in [0.5, 0.6) is 0 Å². The van der Waals surface area contributed by atoms with Crippen molar-refractivity contribution in [1.82, 2.24) is 15.1 Å². The van der Waals surface area contributed by atoms with E-state index in [1.54, 1.807) is 0 Å². The first-order valence-corrected chi connectivity index (χ1v) is 7.31. The van der Waals surface area contributed by atoms with Gasteiger partial charge in [-0.25, -0.2) is 8.78 Å². The van der Waals surface area contributed by atoms with Crippen molar-refractivity contribution >= 4 is 0 Å². The van der Waals surface area contributed by atoms with Crippen molar-refractivity contribution in [2.75, 3.05) is 6.54 Å². The Balaban J connectivity index is 2.01. The van der Waals surface area contributed by atoms with Gasteiger partial charge in [0.25, 0.3) is 0 Å². The normalized spacial score (nSPS) is 12.6. The van der Waals surface area contributed by atoms with Crippen molar-refractivity contribution < 1.29 is 13.9 Å². The summed E-state index contributed by atoms with van der Waals surface area (Å²) in [7, 11) is 0. The Labute approximate surface area is 128 Å². The number of aromatic nitrogens is 2. The van der Waals surface area contributed by atoms with Crippen molar-refractivity contribution in [2.24, 2.45) is 0 Å². The van der Waals surface area contributed by atoms with E-state index in [2.05, 4.69) is 10.4 Å². The van der Waals surface area contributed by atoms with Crippen LogP contribution in [0, 0.1) is 25.5 Å². The third-order valence-corrected chi connectivity index (χ3v) is 3.80. The SMILES string of the molecule is CCn1nc(C)c(CNCC(O)c2c(F)cccc2F)c1C. The first kappa shape index (κ1) is 16.6. The standard InChI is InChI=1S/C16H21F2N3O/c1-4-21-11(3)12(10(2)20-21)8-19-9-15(22)16-13(17)6-5-7-14(16)18/h5-7,15,19,22H,4,8-9H2,1-3H3. The van der Waals surface area contributed by atoms with Crippen molar-refractivity contribution in [3.05, 3.63) is 52.3 Å². The highest BCUT2D eigenvalue weighted by Crippen LogP contribution is 2.20. The van der Waals surface area contributed by atoms with Gasteiger partial charge in [-0.05, 0) is 32.9 Å². The summed E-state index contributed by atoms with van der Waals surface area (Å²) >= 11 is 0. The van der Waals surface area contributed by atoms with Gasteiger partial charge < -0.3 is 10.4 Å². The van der Waals surface area contributed by atoms with Gasteiger partial charge in [0.2, 0.25) is 0 Å². The average Bonchev–Trinajstić information content (AvgIpc) is 2.74. The number of hydrogen-bond acceptors (Lipinski definition) is 3. The Hall–Kier alpha value is -1.79. The molecule has 0 aliphatic carbocycles. The molecule has 0 radical (unpaired) electrons. The summed E-state index contributed by atoms with van der Waals surface area (Å²) in [5.74, 6) is -1.47. The van der Waals surface area contributed by atoms with Crippen LogP contribution < -0.4 is 5.32 Å². The molecule has 0 saturated carbocycles. The topological polar surface area (TPSA) is 50.1 Å². The second kappa shape index (κ2) is 6.98. The van der Waals surface area contributed by atoms with Crippen LogP contribution in [0.4, 0.5) is 8.78 Å². The van der Waals surface area contributed by atoms with Gasteiger partial charge in [-0.15, -0.1) is 0 Å². The molecule has 2 aromatic rings. The van der Waals surface area contributed by atoms with Crippen LogP contribution in [0.2, 0.25) is 0 Å². The molecular formula is C16H21F2N3O. The number of benzene rings is 1. The van der Waals surface area contributed by atoms with Crippen molar-refractivity contribution in [3.8, 4) is 0 Å². The second-order valence-electron chi connectivity index (χ2n) is 5.25. The number of aliphatic hydroxyl groups excluding tert-OH is 1. The maximum Gasteiger partial charge on any atom is 0.131 e. The van der Waals surface area contributed by atoms with Crippen LogP contribution in [-0.2, 0) is 13.1 Å². The highest BCUT2D eigenvalue weighted by Gasteiger charge is 2.18. The van der Waals surface area contributed by atoms with Gasteiger partial charge in [0.1, 0.15) is 11.6 Å². The van der Waals surface area contributed by atoms with E-state index in [0.29, 0.717) is 6.54 Å². The first-order chi connectivity index (χ1) is 10.5. The number of rotatable bonds is 6. The van der Waals surface area contributed by atoms with Crippen LogP contribution in [0.15, 0.2) is 18.2 Å². The van der Waals surface area contributed by atoms with Gasteiger partial charge >= 0.3 is 0 Å². The molecule has 0 fully saturated rings. The second-order valence-corrected chi connectivity index (χ2v) is 5.25. The number of nitrogens with zero attached hydrogens (tertiary/aromatic N) is 2. The first-order valence-electron chi connectivity index (χ1n) is 7.31. The molecule has 1 unspecified atom stereocenters. The molecule has 1 aromatic heterocycles. The molecule has 0 saturated heterocycles. The van der Waals surface area contributed by atoms with Crippen LogP contribution in [0.1, 0.15) is 35.5 Å². The lowest BCUT2D eigenvalue weighted by atomic mass is 10.1. The Morgan fingerprint density at radius 2 is 1.91 bits per heavy atom. The van der Waals surface area contributed by atoms with Crippen LogP contribution in [-0.4, -0.2) is 21.4 Å². The molecule has 120 valence electrons. The van der Waals surface area contributed by atoms with E-state index in [-0.39, 0.29) is 12.1 Å². The number of aryl methyl sites for hydroxylation is 2. The number of nitrogens with one attached hydrogen (secondary N) is 1. The van der Waals surface area contributed by atoms with Crippen LogP contribution in [0.3, 0.4) is 0 Å². The summed E-state index contributed by atoms with van der Waals surface area (Å²) in [5, 5.41) is 17.4. The van der Waals surface area contributed by atoms with Gasteiger partial charge in [-0.2, -0.15) is 5.10 Å². The third kappa shape index (κ3) is 3.34. The van der Waals surface area contributed by atoms with Gasteiger partial charge in [-0.3, -0.25) is 4.68 Å². The zero-order valence-corrected chi connectivity index (χ0v) is 13.0. The monoisotopic (exact) mass is 309 g/mol.